The first-order valence-corrected chi connectivity index (χ1v) is 11.8. The van der Waals surface area contributed by atoms with Crippen molar-refractivity contribution in [3.8, 4) is 22.5 Å². The number of carbonyl (C=O) groups is 3. The van der Waals surface area contributed by atoms with Crippen LogP contribution in [0, 0.1) is 0 Å². The zero-order valence-corrected chi connectivity index (χ0v) is 19.7. The molecule has 1 aliphatic carbocycles. The molecule has 0 saturated heterocycles. The number of nitrogens with one attached hydrogen (secondary N) is 3. The number of carboxylic acids is 1. The van der Waals surface area contributed by atoms with Crippen LogP contribution in [0.25, 0.3) is 22.5 Å². The minimum Gasteiger partial charge on any atom is -0.475 e. The summed E-state index contributed by atoms with van der Waals surface area (Å²) < 4.78 is 31.7. The Kier molecular flexibility index (Phi) is 7.61. The molecule has 1 aliphatic heterocycles. The van der Waals surface area contributed by atoms with Crippen LogP contribution < -0.4 is 10.6 Å². The molecule has 2 aliphatic rings. The van der Waals surface area contributed by atoms with Crippen molar-refractivity contribution in [3.63, 3.8) is 0 Å². The van der Waals surface area contributed by atoms with Crippen LogP contribution in [0.15, 0.2) is 48.7 Å². The summed E-state index contributed by atoms with van der Waals surface area (Å²) in [4.78, 5) is 41.3. The summed E-state index contributed by atoms with van der Waals surface area (Å²) >= 11 is 0. The summed E-state index contributed by atoms with van der Waals surface area (Å²) in [5.41, 5.74) is 6.02. The fraction of sp³-hybridized carbons (Fsp3) is 0.308. The normalized spacial score (nSPS) is 15.3. The number of aliphatic carboxylic acids is 1. The fourth-order valence-corrected chi connectivity index (χ4v) is 4.34. The SMILES string of the molecule is O=C(NC1CCCC1)c1ccc(-c2cc(-c3cc4c([nH]3)CCNC4=O)ccn2)cc1.O=C(O)C(F)(F)F. The Morgan fingerprint density at radius 3 is 2.32 bits per heavy atom. The lowest BCUT2D eigenvalue weighted by atomic mass is 10.0. The number of carboxylic acid groups (broad SMARTS) is 1. The number of fused-ring (bicyclic) bond motifs is 1. The Labute approximate surface area is 210 Å². The maximum atomic E-state index is 12.4. The van der Waals surface area contributed by atoms with Crippen molar-refractivity contribution in [2.24, 2.45) is 0 Å². The maximum absolute atomic E-state index is 12.4. The molecule has 0 radical (unpaired) electrons. The highest BCUT2D eigenvalue weighted by Crippen LogP contribution is 2.27. The van der Waals surface area contributed by atoms with Crippen molar-refractivity contribution in [2.45, 2.75) is 44.3 Å². The number of nitrogens with zero attached hydrogens (tertiary/aromatic N) is 1. The predicted octanol–water partition coefficient (Wildman–Crippen LogP) is 4.34. The number of pyridine rings is 1. The molecule has 2 amide bonds. The van der Waals surface area contributed by atoms with Crippen LogP contribution in [-0.4, -0.2) is 51.6 Å². The number of H-pyrrole nitrogens is 1. The van der Waals surface area contributed by atoms with Gasteiger partial charge in [-0.1, -0.05) is 25.0 Å². The minimum absolute atomic E-state index is 0.00889. The fourth-order valence-electron chi connectivity index (χ4n) is 4.34. The van der Waals surface area contributed by atoms with Crippen LogP contribution in [-0.2, 0) is 11.2 Å². The molecule has 1 aromatic carbocycles. The standard InChI is InChI=1S/C24H24N4O2.C2HF3O2/c29-23(27-18-3-1-2-4-18)16-7-5-15(6-8-16)21-13-17(9-11-25-21)22-14-19-20(28-22)10-12-26-24(19)30;3-2(4,5)1(6)7/h5-9,11,13-14,18,28H,1-4,10,12H2,(H,26,30)(H,27,29);(H,6,7). The summed E-state index contributed by atoms with van der Waals surface area (Å²) in [6, 6.07) is 13.7. The number of alkyl halides is 3. The van der Waals surface area contributed by atoms with Crippen LogP contribution >= 0.6 is 0 Å². The molecule has 5 rings (SSSR count). The van der Waals surface area contributed by atoms with Gasteiger partial charge in [0.1, 0.15) is 0 Å². The minimum atomic E-state index is -5.08. The van der Waals surface area contributed by atoms with Crippen molar-refractivity contribution < 1.29 is 32.7 Å². The van der Waals surface area contributed by atoms with E-state index in [1.54, 1.807) is 6.20 Å². The van der Waals surface area contributed by atoms with E-state index < -0.39 is 12.1 Å². The zero-order valence-electron chi connectivity index (χ0n) is 19.7. The predicted molar refractivity (Wildman–Crippen MR) is 129 cm³/mol. The molecule has 11 heteroatoms. The third-order valence-corrected chi connectivity index (χ3v) is 6.25. The molecule has 0 spiro atoms. The number of hydrogen-bond donors (Lipinski definition) is 4. The summed E-state index contributed by atoms with van der Waals surface area (Å²) in [7, 11) is 0. The molecule has 3 heterocycles. The third-order valence-electron chi connectivity index (χ3n) is 6.25. The highest BCUT2D eigenvalue weighted by Gasteiger charge is 2.38. The Morgan fingerprint density at radius 1 is 1.03 bits per heavy atom. The van der Waals surface area contributed by atoms with Gasteiger partial charge in [0.05, 0.1) is 11.3 Å². The van der Waals surface area contributed by atoms with Crippen molar-refractivity contribution in [1.29, 1.82) is 0 Å². The lowest BCUT2D eigenvalue weighted by molar-refractivity contribution is -0.192. The first-order valence-electron chi connectivity index (χ1n) is 11.8. The average Bonchev–Trinajstić information content (AvgIpc) is 3.55. The molecule has 0 bridgehead atoms. The molecular formula is C26H25F3N4O4. The topological polar surface area (TPSA) is 124 Å². The number of rotatable bonds is 4. The van der Waals surface area contributed by atoms with Gasteiger partial charge >= 0.3 is 12.1 Å². The molecule has 0 unspecified atom stereocenters. The summed E-state index contributed by atoms with van der Waals surface area (Å²) in [5, 5.41) is 13.1. The lowest BCUT2D eigenvalue weighted by Crippen LogP contribution is -2.32. The summed E-state index contributed by atoms with van der Waals surface area (Å²) in [5.74, 6) is -2.79. The first kappa shape index (κ1) is 25.9. The molecule has 8 nitrogen and oxygen atoms in total. The number of amides is 2. The number of hydrogen-bond acceptors (Lipinski definition) is 4. The maximum Gasteiger partial charge on any atom is 0.490 e. The molecule has 4 N–H and O–H groups in total. The molecule has 194 valence electrons. The van der Waals surface area contributed by atoms with E-state index in [4.69, 9.17) is 9.90 Å². The zero-order chi connectivity index (χ0) is 26.6. The Balaban J connectivity index is 0.000000405. The van der Waals surface area contributed by atoms with E-state index in [0.29, 0.717) is 23.7 Å². The Morgan fingerprint density at radius 2 is 1.70 bits per heavy atom. The van der Waals surface area contributed by atoms with Gasteiger partial charge in [0, 0.05) is 53.3 Å². The number of aromatic nitrogens is 2. The van der Waals surface area contributed by atoms with Gasteiger partial charge in [0.2, 0.25) is 0 Å². The second kappa shape index (κ2) is 10.9. The molecule has 3 aromatic rings. The van der Waals surface area contributed by atoms with E-state index in [1.807, 2.05) is 42.5 Å². The number of halogens is 3. The average molecular weight is 515 g/mol. The van der Waals surface area contributed by atoms with Crippen molar-refractivity contribution in [2.75, 3.05) is 6.54 Å². The van der Waals surface area contributed by atoms with Gasteiger partial charge in [-0.3, -0.25) is 14.6 Å². The molecule has 1 fully saturated rings. The van der Waals surface area contributed by atoms with Gasteiger partial charge in [0.25, 0.3) is 11.8 Å². The smallest absolute Gasteiger partial charge is 0.475 e. The van der Waals surface area contributed by atoms with Gasteiger partial charge in [-0.25, -0.2) is 4.79 Å². The molecular weight excluding hydrogens is 489 g/mol. The van der Waals surface area contributed by atoms with E-state index in [1.165, 1.54) is 12.8 Å². The van der Waals surface area contributed by atoms with E-state index in [9.17, 15) is 22.8 Å². The van der Waals surface area contributed by atoms with Crippen LogP contribution in [0.3, 0.4) is 0 Å². The van der Waals surface area contributed by atoms with Gasteiger partial charge in [0.15, 0.2) is 0 Å². The molecule has 1 saturated carbocycles. The second-order valence-electron chi connectivity index (χ2n) is 8.85. The highest BCUT2D eigenvalue weighted by molar-refractivity contribution is 5.98. The van der Waals surface area contributed by atoms with Crippen LogP contribution in [0.2, 0.25) is 0 Å². The third kappa shape index (κ3) is 6.35. The summed E-state index contributed by atoms with van der Waals surface area (Å²) in [6.45, 7) is 0.661. The van der Waals surface area contributed by atoms with Crippen LogP contribution in [0.5, 0.6) is 0 Å². The van der Waals surface area contributed by atoms with Crippen LogP contribution in [0.4, 0.5) is 13.2 Å². The van der Waals surface area contributed by atoms with Crippen LogP contribution in [0.1, 0.15) is 52.1 Å². The van der Waals surface area contributed by atoms with E-state index in [0.717, 1.165) is 47.5 Å². The Bertz CT molecular complexity index is 1300. The van der Waals surface area contributed by atoms with Gasteiger partial charge in [-0.2, -0.15) is 13.2 Å². The number of carbonyl (C=O) groups excluding carboxylic acids is 2. The monoisotopic (exact) mass is 514 g/mol. The van der Waals surface area contributed by atoms with Gasteiger partial charge in [-0.15, -0.1) is 0 Å². The Hall–Kier alpha value is -4.15. The van der Waals surface area contributed by atoms with E-state index >= 15 is 0 Å². The number of aromatic amines is 1. The summed E-state index contributed by atoms with van der Waals surface area (Å²) in [6.07, 6.45) is 2.03. The van der Waals surface area contributed by atoms with Gasteiger partial charge in [-0.05, 0) is 43.2 Å². The first-order chi connectivity index (χ1) is 17.6. The van der Waals surface area contributed by atoms with Crippen molar-refractivity contribution >= 4 is 17.8 Å². The second-order valence-corrected chi connectivity index (χ2v) is 8.85. The van der Waals surface area contributed by atoms with Gasteiger partial charge < -0.3 is 20.7 Å². The molecule has 37 heavy (non-hydrogen) atoms. The van der Waals surface area contributed by atoms with E-state index in [-0.39, 0.29) is 11.8 Å². The highest BCUT2D eigenvalue weighted by atomic mass is 19.4. The number of benzene rings is 1. The quantitative estimate of drug-likeness (QED) is 0.413. The van der Waals surface area contributed by atoms with Crippen molar-refractivity contribution in [1.82, 2.24) is 20.6 Å². The largest absolute Gasteiger partial charge is 0.490 e. The van der Waals surface area contributed by atoms with Crippen molar-refractivity contribution in [3.05, 3.63) is 65.5 Å². The molecule has 2 aromatic heterocycles. The lowest BCUT2D eigenvalue weighted by Gasteiger charge is -2.12. The van der Waals surface area contributed by atoms with E-state index in [2.05, 4.69) is 20.6 Å². The molecule has 0 atom stereocenters.